The van der Waals surface area contributed by atoms with E-state index in [1.807, 2.05) is 12.2 Å². The Kier molecular flexibility index (Phi) is 3.12. The highest BCUT2D eigenvalue weighted by Gasteiger charge is 2.37. The van der Waals surface area contributed by atoms with Gasteiger partial charge in [-0.1, -0.05) is 12.2 Å². The Morgan fingerprint density at radius 3 is 2.59 bits per heavy atom. The van der Waals surface area contributed by atoms with Crippen LogP contribution in [0.1, 0.15) is 12.8 Å². The second-order valence-electron chi connectivity index (χ2n) is 4.26. The molecule has 0 aromatic heterocycles. The molecule has 1 aliphatic carbocycles. The summed E-state index contributed by atoms with van der Waals surface area (Å²) in [6, 6.07) is -0.944. The monoisotopic (exact) mass is 238 g/mol. The van der Waals surface area contributed by atoms with Crippen molar-refractivity contribution in [3.8, 4) is 0 Å². The van der Waals surface area contributed by atoms with E-state index in [-0.39, 0.29) is 30.8 Å². The number of carbonyl (C=O) groups excluding carboxylic acids is 2. The fraction of sp³-hybridized carbons (Fsp3) is 0.545. The summed E-state index contributed by atoms with van der Waals surface area (Å²) in [5.41, 5.74) is 0. The van der Waals surface area contributed by atoms with Gasteiger partial charge in [0, 0.05) is 12.5 Å². The Hall–Kier alpha value is -1.85. The molecule has 1 unspecified atom stereocenters. The van der Waals surface area contributed by atoms with Crippen LogP contribution in [0.4, 0.5) is 0 Å². The van der Waals surface area contributed by atoms with Crippen LogP contribution < -0.4 is 5.32 Å². The number of amides is 2. The minimum absolute atomic E-state index is 0.0138. The second kappa shape index (κ2) is 4.57. The Morgan fingerprint density at radius 1 is 1.35 bits per heavy atom. The summed E-state index contributed by atoms with van der Waals surface area (Å²) < 4.78 is 0. The minimum atomic E-state index is -1.08. The highest BCUT2D eigenvalue weighted by molar-refractivity contribution is 5.92. The molecule has 1 fully saturated rings. The number of nitrogens with zero attached hydrogens (tertiary/aromatic N) is 1. The van der Waals surface area contributed by atoms with Gasteiger partial charge in [0.15, 0.2) is 0 Å². The number of piperazine rings is 1. The number of hydrogen-bond donors (Lipinski definition) is 2. The lowest BCUT2D eigenvalue weighted by atomic mass is 10.0. The van der Waals surface area contributed by atoms with Crippen molar-refractivity contribution >= 4 is 17.8 Å². The molecule has 92 valence electrons. The predicted molar refractivity (Wildman–Crippen MR) is 58.0 cm³/mol. The fourth-order valence-corrected chi connectivity index (χ4v) is 2.15. The Morgan fingerprint density at radius 2 is 2.00 bits per heavy atom. The van der Waals surface area contributed by atoms with Crippen LogP contribution in [-0.2, 0) is 14.4 Å². The van der Waals surface area contributed by atoms with E-state index in [9.17, 15) is 14.4 Å². The minimum Gasteiger partial charge on any atom is -0.480 e. The molecule has 6 nitrogen and oxygen atoms in total. The van der Waals surface area contributed by atoms with Crippen molar-refractivity contribution in [3.05, 3.63) is 12.2 Å². The number of carboxylic acid groups (broad SMARTS) is 1. The van der Waals surface area contributed by atoms with E-state index < -0.39 is 12.0 Å². The molecule has 0 spiro atoms. The summed E-state index contributed by atoms with van der Waals surface area (Å²) in [5.74, 6) is -1.83. The van der Waals surface area contributed by atoms with Crippen LogP contribution in [-0.4, -0.2) is 46.9 Å². The average molecular weight is 238 g/mol. The van der Waals surface area contributed by atoms with Crippen molar-refractivity contribution < 1.29 is 19.5 Å². The smallest absolute Gasteiger partial charge is 0.328 e. The highest BCUT2D eigenvalue weighted by atomic mass is 16.4. The van der Waals surface area contributed by atoms with Gasteiger partial charge in [-0.15, -0.1) is 0 Å². The standard InChI is InChI=1S/C11H14N2O4/c14-9-6-13(8(5-12-9)11(16)17)10(15)7-3-1-2-4-7/h1-2,7-8H,3-6H2,(H,12,14)(H,16,17). The average Bonchev–Trinajstić information content (AvgIpc) is 2.80. The zero-order valence-electron chi connectivity index (χ0n) is 9.26. The van der Waals surface area contributed by atoms with Crippen molar-refractivity contribution in [1.29, 1.82) is 0 Å². The van der Waals surface area contributed by atoms with Crippen LogP contribution in [0.5, 0.6) is 0 Å². The summed E-state index contributed by atoms with van der Waals surface area (Å²) in [5, 5.41) is 11.5. The predicted octanol–water partition coefficient (Wildman–Crippen LogP) is -0.636. The van der Waals surface area contributed by atoms with Gasteiger partial charge in [0.25, 0.3) is 0 Å². The number of aliphatic carboxylic acids is 1. The van der Waals surface area contributed by atoms with Gasteiger partial charge in [-0.05, 0) is 12.8 Å². The molecule has 0 aromatic carbocycles. The summed E-state index contributed by atoms with van der Waals surface area (Å²) in [7, 11) is 0. The first-order chi connectivity index (χ1) is 8.09. The molecular formula is C11H14N2O4. The molecule has 0 radical (unpaired) electrons. The third kappa shape index (κ3) is 2.30. The molecule has 0 saturated carbocycles. The lowest BCUT2D eigenvalue weighted by Crippen LogP contribution is -2.60. The van der Waals surface area contributed by atoms with Gasteiger partial charge >= 0.3 is 5.97 Å². The van der Waals surface area contributed by atoms with Gasteiger partial charge in [0.1, 0.15) is 12.6 Å². The number of carbonyl (C=O) groups is 3. The maximum absolute atomic E-state index is 12.1. The third-order valence-electron chi connectivity index (χ3n) is 3.11. The lowest BCUT2D eigenvalue weighted by molar-refractivity contribution is -0.155. The molecule has 2 amide bonds. The molecule has 1 atom stereocenters. The van der Waals surface area contributed by atoms with Crippen LogP contribution >= 0.6 is 0 Å². The topological polar surface area (TPSA) is 86.7 Å². The molecule has 2 rings (SSSR count). The van der Waals surface area contributed by atoms with E-state index in [0.717, 1.165) is 0 Å². The number of nitrogens with one attached hydrogen (secondary N) is 1. The van der Waals surface area contributed by atoms with Crippen molar-refractivity contribution in [2.75, 3.05) is 13.1 Å². The first-order valence-electron chi connectivity index (χ1n) is 5.54. The van der Waals surface area contributed by atoms with E-state index in [0.29, 0.717) is 12.8 Å². The molecule has 1 aliphatic heterocycles. The summed E-state index contributed by atoms with van der Waals surface area (Å²) in [6.07, 6.45) is 5.07. The Bertz CT molecular complexity index is 383. The van der Waals surface area contributed by atoms with E-state index in [2.05, 4.69) is 5.32 Å². The van der Waals surface area contributed by atoms with Gasteiger partial charge in [-0.2, -0.15) is 0 Å². The first-order valence-corrected chi connectivity index (χ1v) is 5.54. The number of hydrogen-bond acceptors (Lipinski definition) is 3. The van der Waals surface area contributed by atoms with E-state index in [1.165, 1.54) is 4.90 Å². The number of allylic oxidation sites excluding steroid dienone is 2. The van der Waals surface area contributed by atoms with Crippen molar-refractivity contribution in [2.45, 2.75) is 18.9 Å². The third-order valence-corrected chi connectivity index (χ3v) is 3.11. The molecule has 0 aromatic rings. The van der Waals surface area contributed by atoms with Crippen LogP contribution in [0, 0.1) is 5.92 Å². The van der Waals surface area contributed by atoms with Crippen LogP contribution in [0.3, 0.4) is 0 Å². The zero-order valence-corrected chi connectivity index (χ0v) is 9.26. The fourth-order valence-electron chi connectivity index (χ4n) is 2.15. The number of rotatable bonds is 2. The van der Waals surface area contributed by atoms with Crippen molar-refractivity contribution in [1.82, 2.24) is 10.2 Å². The van der Waals surface area contributed by atoms with E-state index >= 15 is 0 Å². The van der Waals surface area contributed by atoms with E-state index in [4.69, 9.17) is 5.11 Å². The van der Waals surface area contributed by atoms with Crippen LogP contribution in [0.25, 0.3) is 0 Å². The number of carboxylic acids is 1. The second-order valence-corrected chi connectivity index (χ2v) is 4.26. The zero-order chi connectivity index (χ0) is 12.4. The van der Waals surface area contributed by atoms with Gasteiger partial charge in [0.2, 0.25) is 11.8 Å². The molecule has 2 aliphatic rings. The molecule has 2 N–H and O–H groups in total. The molecule has 6 heteroatoms. The quantitative estimate of drug-likeness (QED) is 0.627. The van der Waals surface area contributed by atoms with Gasteiger partial charge in [0.05, 0.1) is 0 Å². The molecular weight excluding hydrogens is 224 g/mol. The SMILES string of the molecule is O=C1CN(C(=O)C2CC=CC2)C(C(=O)O)CN1. The highest BCUT2D eigenvalue weighted by Crippen LogP contribution is 2.22. The van der Waals surface area contributed by atoms with Crippen LogP contribution in [0.15, 0.2) is 12.2 Å². The van der Waals surface area contributed by atoms with Gasteiger partial charge < -0.3 is 15.3 Å². The normalized spacial score (nSPS) is 24.8. The Balaban J connectivity index is 2.11. The molecule has 1 saturated heterocycles. The Labute approximate surface area is 98.3 Å². The maximum atomic E-state index is 12.1. The van der Waals surface area contributed by atoms with Gasteiger partial charge in [-0.25, -0.2) is 4.79 Å². The molecule has 17 heavy (non-hydrogen) atoms. The van der Waals surface area contributed by atoms with Crippen LogP contribution in [0.2, 0.25) is 0 Å². The lowest BCUT2D eigenvalue weighted by Gasteiger charge is -2.34. The molecule has 0 bridgehead atoms. The maximum Gasteiger partial charge on any atom is 0.328 e. The largest absolute Gasteiger partial charge is 0.480 e. The van der Waals surface area contributed by atoms with Crippen molar-refractivity contribution in [2.24, 2.45) is 5.92 Å². The summed E-state index contributed by atoms with van der Waals surface area (Å²) >= 11 is 0. The summed E-state index contributed by atoms with van der Waals surface area (Å²) in [6.45, 7) is -0.174. The first kappa shape index (κ1) is 11.6. The van der Waals surface area contributed by atoms with E-state index in [1.54, 1.807) is 0 Å². The molecule has 1 heterocycles. The summed E-state index contributed by atoms with van der Waals surface area (Å²) in [4.78, 5) is 35.6. The van der Waals surface area contributed by atoms with Gasteiger partial charge in [-0.3, -0.25) is 9.59 Å². The van der Waals surface area contributed by atoms with Crippen molar-refractivity contribution in [3.63, 3.8) is 0 Å².